The highest BCUT2D eigenvalue weighted by Crippen LogP contribution is 2.47. The van der Waals surface area contributed by atoms with Crippen LogP contribution in [0.15, 0.2) is 24.7 Å². The predicted octanol–water partition coefficient (Wildman–Crippen LogP) is 4.54. The molecule has 33 heavy (non-hydrogen) atoms. The lowest BCUT2D eigenvalue weighted by Crippen LogP contribution is -2.35. The van der Waals surface area contributed by atoms with Crippen LogP contribution in [0.25, 0.3) is 10.2 Å². The Bertz CT molecular complexity index is 1140. The average Bonchev–Trinajstić information content (AvgIpc) is 3.36. The van der Waals surface area contributed by atoms with Crippen LogP contribution < -0.4 is 10.1 Å². The van der Waals surface area contributed by atoms with Crippen molar-refractivity contribution in [2.45, 2.75) is 63.0 Å². The Morgan fingerprint density at radius 1 is 1.18 bits per heavy atom. The van der Waals surface area contributed by atoms with Gasteiger partial charge in [0.2, 0.25) is 11.8 Å². The number of amides is 1. The fourth-order valence-corrected chi connectivity index (χ4v) is 6.27. The molecule has 7 nitrogen and oxygen atoms in total. The maximum atomic E-state index is 13.1. The molecule has 0 saturated heterocycles. The van der Waals surface area contributed by atoms with Crippen molar-refractivity contribution >= 4 is 33.3 Å². The molecule has 0 spiro atoms. The molecule has 2 aliphatic carbocycles. The number of fused-ring (bicyclic) bond motifs is 3. The SMILES string of the molecule is CN(C)[C@H]1CC[C@H](Oc2ncnc3sc4c(c23)[C@@H](CC(=O)Nc2ccc(F)cn2)CC4)CC1. The van der Waals surface area contributed by atoms with Gasteiger partial charge >= 0.3 is 0 Å². The molecule has 9 heteroatoms. The molecule has 1 fully saturated rings. The first-order valence-corrected chi connectivity index (χ1v) is 12.3. The first-order valence-electron chi connectivity index (χ1n) is 11.5. The molecule has 1 amide bonds. The van der Waals surface area contributed by atoms with Crippen molar-refractivity contribution in [1.82, 2.24) is 19.9 Å². The number of rotatable bonds is 6. The number of carbonyl (C=O) groups is 1. The van der Waals surface area contributed by atoms with Crippen LogP contribution in [0.4, 0.5) is 10.2 Å². The standard InChI is InChI=1S/C24H28FN5O2S/c1-30(2)16-5-7-17(8-6-16)32-23-22-21-14(3-9-18(21)33-24(22)28-13-27-23)11-20(31)29-19-10-4-15(25)12-26-19/h4,10,12-14,16-17H,3,5-9,11H2,1-2H3,(H,26,29,31)/t14-,16-,17-/m1/s1. The largest absolute Gasteiger partial charge is 0.474 e. The van der Waals surface area contributed by atoms with Crippen LogP contribution in [0, 0.1) is 5.82 Å². The Morgan fingerprint density at radius 2 is 2.00 bits per heavy atom. The number of aryl methyl sites for hydroxylation is 1. The number of hydrogen-bond acceptors (Lipinski definition) is 7. The molecule has 1 N–H and O–H groups in total. The van der Waals surface area contributed by atoms with E-state index in [0.29, 0.717) is 24.2 Å². The molecule has 0 aromatic carbocycles. The molecule has 2 aliphatic rings. The molecule has 5 rings (SSSR count). The molecule has 1 saturated carbocycles. The van der Waals surface area contributed by atoms with Gasteiger partial charge in [-0.2, -0.15) is 0 Å². The fourth-order valence-electron chi connectivity index (χ4n) is 5.04. The van der Waals surface area contributed by atoms with Crippen molar-refractivity contribution < 1.29 is 13.9 Å². The molecule has 1 atom stereocenters. The Hall–Kier alpha value is -2.65. The van der Waals surface area contributed by atoms with Crippen LogP contribution in [-0.4, -0.2) is 52.0 Å². The van der Waals surface area contributed by atoms with Crippen molar-refractivity contribution in [3.63, 3.8) is 0 Å². The number of carbonyl (C=O) groups excluding carboxylic acids is 1. The van der Waals surface area contributed by atoms with Crippen molar-refractivity contribution in [1.29, 1.82) is 0 Å². The van der Waals surface area contributed by atoms with Crippen LogP contribution in [-0.2, 0) is 11.2 Å². The highest BCUT2D eigenvalue weighted by molar-refractivity contribution is 7.19. The minimum Gasteiger partial charge on any atom is -0.474 e. The number of ether oxygens (including phenoxy) is 1. The first-order chi connectivity index (χ1) is 16.0. The zero-order valence-electron chi connectivity index (χ0n) is 18.9. The molecular formula is C24H28FN5O2S. The second-order valence-corrected chi connectivity index (χ2v) is 10.2. The van der Waals surface area contributed by atoms with Crippen LogP contribution in [0.5, 0.6) is 5.88 Å². The number of hydrogen-bond donors (Lipinski definition) is 1. The van der Waals surface area contributed by atoms with Crippen molar-refractivity contribution in [2.75, 3.05) is 19.4 Å². The van der Waals surface area contributed by atoms with E-state index in [4.69, 9.17) is 4.74 Å². The molecule has 0 aliphatic heterocycles. The van der Waals surface area contributed by atoms with E-state index in [1.807, 2.05) is 0 Å². The lowest BCUT2D eigenvalue weighted by atomic mass is 9.92. The summed E-state index contributed by atoms with van der Waals surface area (Å²) < 4.78 is 19.5. The summed E-state index contributed by atoms with van der Waals surface area (Å²) in [5, 5.41) is 3.76. The molecule has 0 bridgehead atoms. The van der Waals surface area contributed by atoms with Gasteiger partial charge in [0.15, 0.2) is 0 Å². The number of aromatic nitrogens is 3. The minimum atomic E-state index is -0.430. The Labute approximate surface area is 196 Å². The monoisotopic (exact) mass is 469 g/mol. The van der Waals surface area contributed by atoms with Gasteiger partial charge in [0.05, 0.1) is 11.6 Å². The summed E-state index contributed by atoms with van der Waals surface area (Å²) in [6.07, 6.45) is 9.26. The summed E-state index contributed by atoms with van der Waals surface area (Å²) in [7, 11) is 4.27. The van der Waals surface area contributed by atoms with Gasteiger partial charge in [-0.05, 0) is 76.2 Å². The summed E-state index contributed by atoms with van der Waals surface area (Å²) >= 11 is 1.68. The third-order valence-electron chi connectivity index (χ3n) is 6.77. The van der Waals surface area contributed by atoms with E-state index < -0.39 is 5.82 Å². The average molecular weight is 470 g/mol. The van der Waals surface area contributed by atoms with Gasteiger partial charge in [0, 0.05) is 17.3 Å². The summed E-state index contributed by atoms with van der Waals surface area (Å²) in [6.45, 7) is 0. The van der Waals surface area contributed by atoms with Gasteiger partial charge in [-0.3, -0.25) is 4.79 Å². The van der Waals surface area contributed by atoms with Crippen molar-refractivity contribution in [2.24, 2.45) is 0 Å². The minimum absolute atomic E-state index is 0.0759. The zero-order valence-corrected chi connectivity index (χ0v) is 19.7. The van der Waals surface area contributed by atoms with E-state index in [2.05, 4.69) is 39.3 Å². The van der Waals surface area contributed by atoms with Gasteiger partial charge < -0.3 is 15.0 Å². The maximum absolute atomic E-state index is 13.1. The molecule has 0 unspecified atom stereocenters. The predicted molar refractivity (Wildman–Crippen MR) is 126 cm³/mol. The summed E-state index contributed by atoms with van der Waals surface area (Å²) in [5.74, 6) is 0.523. The van der Waals surface area contributed by atoms with Gasteiger partial charge in [0.25, 0.3) is 0 Å². The molecular weight excluding hydrogens is 441 g/mol. The van der Waals surface area contributed by atoms with E-state index in [9.17, 15) is 9.18 Å². The number of nitrogens with one attached hydrogen (secondary N) is 1. The highest BCUT2D eigenvalue weighted by atomic mass is 32.1. The van der Waals surface area contributed by atoms with E-state index >= 15 is 0 Å². The number of anilines is 1. The van der Waals surface area contributed by atoms with Crippen LogP contribution in [0.3, 0.4) is 0 Å². The van der Waals surface area contributed by atoms with Crippen LogP contribution >= 0.6 is 11.3 Å². The number of halogens is 1. The Morgan fingerprint density at radius 3 is 2.73 bits per heavy atom. The van der Waals surface area contributed by atoms with Crippen molar-refractivity contribution in [3.8, 4) is 5.88 Å². The third kappa shape index (κ3) is 4.70. The smallest absolute Gasteiger partial charge is 0.226 e. The Balaban J connectivity index is 1.33. The summed E-state index contributed by atoms with van der Waals surface area (Å²) in [4.78, 5) is 30.1. The fraction of sp³-hybridized carbons (Fsp3) is 0.500. The van der Waals surface area contributed by atoms with Crippen LogP contribution in [0.2, 0.25) is 0 Å². The first kappa shape index (κ1) is 22.2. The molecule has 3 aromatic rings. The number of nitrogens with zero attached hydrogens (tertiary/aromatic N) is 4. The van der Waals surface area contributed by atoms with Gasteiger partial charge in [-0.25, -0.2) is 19.3 Å². The van der Waals surface area contributed by atoms with E-state index in [1.54, 1.807) is 17.7 Å². The summed E-state index contributed by atoms with van der Waals surface area (Å²) in [6, 6.07) is 3.37. The highest BCUT2D eigenvalue weighted by Gasteiger charge is 2.32. The quantitative estimate of drug-likeness (QED) is 0.571. The zero-order chi connectivity index (χ0) is 22.9. The van der Waals surface area contributed by atoms with Gasteiger partial charge in [-0.1, -0.05) is 0 Å². The summed E-state index contributed by atoms with van der Waals surface area (Å²) in [5.41, 5.74) is 1.16. The number of thiophene rings is 1. The third-order valence-corrected chi connectivity index (χ3v) is 7.95. The van der Waals surface area contributed by atoms with E-state index in [-0.39, 0.29) is 17.9 Å². The molecule has 3 heterocycles. The van der Waals surface area contributed by atoms with Crippen molar-refractivity contribution in [3.05, 3.63) is 40.9 Å². The molecule has 174 valence electrons. The van der Waals surface area contributed by atoms with E-state index in [0.717, 1.165) is 60.5 Å². The lowest BCUT2D eigenvalue weighted by molar-refractivity contribution is -0.116. The maximum Gasteiger partial charge on any atom is 0.226 e. The second-order valence-electron chi connectivity index (χ2n) is 9.16. The van der Waals surface area contributed by atoms with E-state index in [1.165, 1.54) is 17.0 Å². The molecule has 0 radical (unpaired) electrons. The van der Waals surface area contributed by atoms with Crippen LogP contribution in [0.1, 0.15) is 54.9 Å². The van der Waals surface area contributed by atoms with Gasteiger partial charge in [-0.15, -0.1) is 11.3 Å². The molecule has 3 aromatic heterocycles. The van der Waals surface area contributed by atoms with Gasteiger partial charge in [0.1, 0.15) is 28.9 Å². The topological polar surface area (TPSA) is 80.2 Å². The normalized spacial score (nSPS) is 22.5. The second kappa shape index (κ2) is 9.30. The lowest BCUT2D eigenvalue weighted by Gasteiger charge is -2.32. The Kier molecular flexibility index (Phi) is 6.25. The number of pyridine rings is 1.